The summed E-state index contributed by atoms with van der Waals surface area (Å²) in [6, 6.07) is 3.46. The summed E-state index contributed by atoms with van der Waals surface area (Å²) in [7, 11) is -1.72. The van der Waals surface area contributed by atoms with Crippen molar-refractivity contribution in [3.05, 3.63) is 22.7 Å². The summed E-state index contributed by atoms with van der Waals surface area (Å²) in [5.41, 5.74) is 7.22. The normalized spacial score (nSPS) is 11.4. The molecule has 0 atom stereocenters. The lowest BCUT2D eigenvalue weighted by Crippen LogP contribution is -2.45. The Morgan fingerprint density at radius 2 is 2.00 bits per heavy atom. The van der Waals surface area contributed by atoms with E-state index >= 15 is 0 Å². The topological polar surface area (TPSA) is 55.1 Å². The second kappa shape index (κ2) is 5.10. The Morgan fingerprint density at radius 3 is 2.47 bits per heavy atom. The minimum Gasteiger partial charge on any atom is -0.399 e. The van der Waals surface area contributed by atoms with Crippen molar-refractivity contribution in [3.8, 4) is 0 Å². The van der Waals surface area contributed by atoms with E-state index in [1.165, 1.54) is 0 Å². The molecular weight excluding hydrogens is 252 g/mol. The molecule has 1 aromatic carbocycles. The highest BCUT2D eigenvalue weighted by atomic mass is 35.5. The Hall–Kier alpha value is -1.00. The number of hydrogen-bond donors (Lipinski definition) is 2. The van der Waals surface area contributed by atoms with Crippen LogP contribution in [0, 0.1) is 0 Å². The lowest BCUT2D eigenvalue weighted by Gasteiger charge is -2.23. The molecular formula is C12H19ClN2OSi. The van der Waals surface area contributed by atoms with Gasteiger partial charge in [-0.25, -0.2) is 0 Å². The maximum atomic E-state index is 12.1. The standard InChI is InChI=1S/C12H19ClN2OSi/c1-5-15-12(16)10-8(13)6-7-9(14)11(10)17(2,3)4/h6-7H,5,14H2,1-4H3,(H,15,16). The Balaban J connectivity index is 3.46. The zero-order chi connectivity index (χ0) is 13.2. The Kier molecular flexibility index (Phi) is 4.22. The van der Waals surface area contributed by atoms with Crippen LogP contribution in [0.1, 0.15) is 17.3 Å². The molecule has 3 nitrogen and oxygen atoms in total. The summed E-state index contributed by atoms with van der Waals surface area (Å²) in [5, 5.41) is 4.20. The van der Waals surface area contributed by atoms with Gasteiger partial charge in [0.15, 0.2) is 0 Å². The summed E-state index contributed by atoms with van der Waals surface area (Å²) < 4.78 is 0. The van der Waals surface area contributed by atoms with Crippen LogP contribution in [-0.2, 0) is 0 Å². The molecule has 0 aliphatic heterocycles. The summed E-state index contributed by atoms with van der Waals surface area (Å²) in [6.45, 7) is 8.91. The predicted molar refractivity (Wildman–Crippen MR) is 76.9 cm³/mol. The largest absolute Gasteiger partial charge is 0.399 e. The van der Waals surface area contributed by atoms with Gasteiger partial charge in [-0.05, 0) is 24.2 Å². The van der Waals surface area contributed by atoms with Crippen LogP contribution in [-0.4, -0.2) is 20.5 Å². The van der Waals surface area contributed by atoms with Gasteiger partial charge in [-0.15, -0.1) is 0 Å². The molecule has 0 fully saturated rings. The highest BCUT2D eigenvalue weighted by Gasteiger charge is 2.27. The van der Waals surface area contributed by atoms with E-state index in [0.717, 1.165) is 5.19 Å². The van der Waals surface area contributed by atoms with Gasteiger partial charge in [0.25, 0.3) is 5.91 Å². The van der Waals surface area contributed by atoms with Crippen molar-refractivity contribution in [1.82, 2.24) is 5.32 Å². The first-order chi connectivity index (χ1) is 7.79. The lowest BCUT2D eigenvalue weighted by molar-refractivity contribution is 0.0957. The van der Waals surface area contributed by atoms with E-state index in [-0.39, 0.29) is 5.91 Å². The van der Waals surface area contributed by atoms with Crippen LogP contribution in [0.4, 0.5) is 5.69 Å². The number of halogens is 1. The number of rotatable bonds is 3. The van der Waals surface area contributed by atoms with Crippen molar-refractivity contribution in [2.75, 3.05) is 12.3 Å². The zero-order valence-corrected chi connectivity index (χ0v) is 12.5. The first-order valence-electron chi connectivity index (χ1n) is 5.65. The van der Waals surface area contributed by atoms with Crippen molar-refractivity contribution in [2.45, 2.75) is 26.6 Å². The first kappa shape index (κ1) is 14.1. The smallest absolute Gasteiger partial charge is 0.252 e. The molecule has 0 spiro atoms. The lowest BCUT2D eigenvalue weighted by atomic mass is 10.2. The quantitative estimate of drug-likeness (QED) is 0.654. The number of nitrogen functional groups attached to an aromatic ring is 1. The summed E-state index contributed by atoms with van der Waals surface area (Å²) in [4.78, 5) is 12.1. The molecule has 3 N–H and O–H groups in total. The third kappa shape index (κ3) is 3.01. The van der Waals surface area contributed by atoms with E-state index in [1.54, 1.807) is 12.1 Å². The highest BCUT2D eigenvalue weighted by molar-refractivity contribution is 6.90. The molecule has 0 unspecified atom stereocenters. The highest BCUT2D eigenvalue weighted by Crippen LogP contribution is 2.21. The Morgan fingerprint density at radius 1 is 1.41 bits per heavy atom. The number of carbonyl (C=O) groups excluding carboxylic acids is 1. The van der Waals surface area contributed by atoms with Gasteiger partial charge in [0, 0.05) is 12.2 Å². The van der Waals surface area contributed by atoms with E-state index in [1.807, 2.05) is 6.92 Å². The van der Waals surface area contributed by atoms with Gasteiger partial charge in [-0.3, -0.25) is 4.79 Å². The first-order valence-corrected chi connectivity index (χ1v) is 9.53. The summed E-state index contributed by atoms with van der Waals surface area (Å²) in [5.74, 6) is -0.137. The molecule has 0 aliphatic carbocycles. The molecule has 1 amide bonds. The van der Waals surface area contributed by atoms with Crippen LogP contribution in [0.3, 0.4) is 0 Å². The fourth-order valence-electron chi connectivity index (χ4n) is 1.87. The molecule has 0 radical (unpaired) electrons. The number of amides is 1. The number of nitrogens with two attached hydrogens (primary N) is 1. The minimum absolute atomic E-state index is 0.137. The fraction of sp³-hybridized carbons (Fsp3) is 0.417. The molecule has 1 rings (SSSR count). The van der Waals surface area contributed by atoms with E-state index in [2.05, 4.69) is 25.0 Å². The molecule has 1 aromatic rings. The van der Waals surface area contributed by atoms with Gasteiger partial charge in [0.1, 0.15) is 0 Å². The van der Waals surface area contributed by atoms with Gasteiger partial charge in [-0.2, -0.15) is 0 Å². The second-order valence-corrected chi connectivity index (χ2v) is 10.4. The molecule has 0 heterocycles. The van der Waals surface area contributed by atoms with Crippen LogP contribution < -0.4 is 16.2 Å². The van der Waals surface area contributed by atoms with Crippen molar-refractivity contribution in [3.63, 3.8) is 0 Å². The van der Waals surface area contributed by atoms with E-state index in [0.29, 0.717) is 22.8 Å². The molecule has 0 saturated heterocycles. The van der Waals surface area contributed by atoms with E-state index < -0.39 is 8.07 Å². The molecule has 94 valence electrons. The maximum Gasteiger partial charge on any atom is 0.252 e. The summed E-state index contributed by atoms with van der Waals surface area (Å²) >= 11 is 6.14. The monoisotopic (exact) mass is 270 g/mol. The zero-order valence-electron chi connectivity index (χ0n) is 10.7. The van der Waals surface area contributed by atoms with Crippen molar-refractivity contribution < 1.29 is 4.79 Å². The molecule has 0 aliphatic rings. The number of hydrogen-bond acceptors (Lipinski definition) is 2. The van der Waals surface area contributed by atoms with Crippen LogP contribution in [0.2, 0.25) is 24.7 Å². The van der Waals surface area contributed by atoms with Crippen molar-refractivity contribution >= 4 is 36.5 Å². The molecule has 0 aromatic heterocycles. The van der Waals surface area contributed by atoms with E-state index in [9.17, 15) is 4.79 Å². The van der Waals surface area contributed by atoms with Gasteiger partial charge in [0.2, 0.25) is 0 Å². The van der Waals surface area contributed by atoms with Crippen LogP contribution >= 0.6 is 11.6 Å². The van der Waals surface area contributed by atoms with Gasteiger partial charge in [0.05, 0.1) is 18.7 Å². The van der Waals surface area contributed by atoms with Crippen LogP contribution in [0.15, 0.2) is 12.1 Å². The maximum absolute atomic E-state index is 12.1. The molecule has 17 heavy (non-hydrogen) atoms. The third-order valence-corrected chi connectivity index (χ3v) is 4.85. The average molecular weight is 271 g/mol. The molecule has 0 bridgehead atoms. The summed E-state index contributed by atoms with van der Waals surface area (Å²) in [6.07, 6.45) is 0. The SMILES string of the molecule is CCNC(=O)c1c(Cl)ccc(N)c1[Si](C)(C)C. The Labute approximate surface area is 108 Å². The molecule has 5 heteroatoms. The van der Waals surface area contributed by atoms with Crippen molar-refractivity contribution in [1.29, 1.82) is 0 Å². The number of anilines is 1. The average Bonchev–Trinajstić information content (AvgIpc) is 2.19. The predicted octanol–water partition coefficient (Wildman–Crippen LogP) is 2.22. The van der Waals surface area contributed by atoms with Gasteiger partial charge < -0.3 is 11.1 Å². The number of carbonyl (C=O) groups is 1. The fourth-order valence-corrected chi connectivity index (χ4v) is 4.14. The third-order valence-electron chi connectivity index (χ3n) is 2.50. The van der Waals surface area contributed by atoms with Gasteiger partial charge in [-0.1, -0.05) is 31.2 Å². The number of benzene rings is 1. The van der Waals surface area contributed by atoms with Gasteiger partial charge >= 0.3 is 0 Å². The Bertz CT molecular complexity index is 441. The number of nitrogens with one attached hydrogen (secondary N) is 1. The van der Waals surface area contributed by atoms with E-state index in [4.69, 9.17) is 17.3 Å². The minimum atomic E-state index is -1.72. The second-order valence-electron chi connectivity index (χ2n) is 5.00. The van der Waals surface area contributed by atoms with Crippen LogP contribution in [0.5, 0.6) is 0 Å². The molecule has 0 saturated carbocycles. The van der Waals surface area contributed by atoms with Crippen molar-refractivity contribution in [2.24, 2.45) is 0 Å². The van der Waals surface area contributed by atoms with Crippen LogP contribution in [0.25, 0.3) is 0 Å².